The predicted molar refractivity (Wildman–Crippen MR) is 130 cm³/mol. The Morgan fingerprint density at radius 2 is 1.59 bits per heavy atom. The molecule has 0 aromatic heterocycles. The summed E-state index contributed by atoms with van der Waals surface area (Å²) in [5, 5.41) is 14.5. The van der Waals surface area contributed by atoms with E-state index >= 15 is 0 Å². The first-order valence-corrected chi connectivity index (χ1v) is 11.6. The Bertz CT molecular complexity index is 962. The topological polar surface area (TPSA) is 108 Å². The van der Waals surface area contributed by atoms with Gasteiger partial charge in [0.05, 0.1) is 0 Å². The van der Waals surface area contributed by atoms with Crippen LogP contribution in [0.1, 0.15) is 42.7 Å². The number of rotatable bonds is 12. The molecule has 0 radical (unpaired) electrons. The number of carboxylic acid groups (broad SMARTS) is 1. The molecule has 1 aliphatic rings. The summed E-state index contributed by atoms with van der Waals surface area (Å²) in [6.45, 7) is 0.972. The highest BCUT2D eigenvalue weighted by Crippen LogP contribution is 2.44. The van der Waals surface area contributed by atoms with Crippen LogP contribution in [0.4, 0.5) is 4.79 Å². The van der Waals surface area contributed by atoms with Crippen LogP contribution in [0.5, 0.6) is 0 Å². The summed E-state index contributed by atoms with van der Waals surface area (Å²) in [6, 6.07) is 15.5. The van der Waals surface area contributed by atoms with Crippen LogP contribution in [0.2, 0.25) is 0 Å². The van der Waals surface area contributed by atoms with Gasteiger partial charge in [-0.05, 0) is 49.2 Å². The standard InChI is InChI=1S/C26H33N3O5/c1-29(2)16-23(25(31)32)28-24(30)14-4-3-9-15-27-26(33)34-17-22-20-12-7-5-10-18(20)19-11-6-8-13-21(19)22/h5-8,10-13,22-23H,3-4,9,14-17H2,1-2H3,(H,27,33)(H,28,30)(H,31,32)/t23-/m0/s1. The second-order valence-electron chi connectivity index (χ2n) is 8.78. The number of nitrogens with one attached hydrogen (secondary N) is 2. The Morgan fingerprint density at radius 1 is 0.971 bits per heavy atom. The molecule has 182 valence electrons. The van der Waals surface area contributed by atoms with E-state index in [1.54, 1.807) is 19.0 Å². The fourth-order valence-corrected chi connectivity index (χ4v) is 4.24. The van der Waals surface area contributed by atoms with Crippen LogP contribution in [0.25, 0.3) is 11.1 Å². The smallest absolute Gasteiger partial charge is 0.407 e. The number of carboxylic acids is 1. The van der Waals surface area contributed by atoms with E-state index in [0.29, 0.717) is 19.4 Å². The summed E-state index contributed by atoms with van der Waals surface area (Å²) < 4.78 is 5.51. The van der Waals surface area contributed by atoms with E-state index in [4.69, 9.17) is 4.74 Å². The minimum atomic E-state index is -1.05. The van der Waals surface area contributed by atoms with Crippen molar-refractivity contribution in [2.75, 3.05) is 33.8 Å². The van der Waals surface area contributed by atoms with Crippen molar-refractivity contribution in [3.8, 4) is 11.1 Å². The molecule has 0 unspecified atom stereocenters. The first-order chi connectivity index (χ1) is 16.4. The maximum absolute atomic E-state index is 12.2. The number of likely N-dealkylation sites (N-methyl/N-ethyl adjacent to an activating group) is 1. The summed E-state index contributed by atoms with van der Waals surface area (Å²) in [5.41, 5.74) is 4.72. The fourth-order valence-electron chi connectivity index (χ4n) is 4.24. The highest BCUT2D eigenvalue weighted by atomic mass is 16.5. The number of nitrogens with zero attached hydrogens (tertiary/aromatic N) is 1. The molecule has 0 fully saturated rings. The Labute approximate surface area is 200 Å². The van der Waals surface area contributed by atoms with Crippen molar-refractivity contribution in [2.24, 2.45) is 0 Å². The lowest BCUT2D eigenvalue weighted by molar-refractivity contribution is -0.142. The highest BCUT2D eigenvalue weighted by molar-refractivity contribution is 5.83. The Kier molecular flexibility index (Phi) is 9.04. The number of fused-ring (bicyclic) bond motifs is 3. The number of hydrogen-bond donors (Lipinski definition) is 3. The van der Waals surface area contributed by atoms with Gasteiger partial charge in [0.25, 0.3) is 0 Å². The summed E-state index contributed by atoms with van der Waals surface area (Å²) in [5.74, 6) is -1.30. The Morgan fingerprint density at radius 3 is 2.18 bits per heavy atom. The van der Waals surface area contributed by atoms with Gasteiger partial charge in [0, 0.05) is 25.4 Å². The molecule has 2 aromatic rings. The van der Waals surface area contributed by atoms with E-state index in [-0.39, 0.29) is 31.4 Å². The summed E-state index contributed by atoms with van der Waals surface area (Å²) >= 11 is 0. The molecule has 1 aliphatic carbocycles. The number of benzene rings is 2. The molecule has 2 amide bonds. The molecule has 34 heavy (non-hydrogen) atoms. The molecular weight excluding hydrogens is 434 g/mol. The van der Waals surface area contributed by atoms with Crippen molar-refractivity contribution in [1.82, 2.24) is 15.5 Å². The minimum Gasteiger partial charge on any atom is -0.480 e. The number of hydrogen-bond acceptors (Lipinski definition) is 5. The number of ether oxygens (including phenoxy) is 1. The van der Waals surface area contributed by atoms with Crippen LogP contribution in [-0.4, -0.2) is 67.8 Å². The summed E-state index contributed by atoms with van der Waals surface area (Å²) in [4.78, 5) is 37.1. The maximum atomic E-state index is 12.2. The zero-order valence-electron chi connectivity index (χ0n) is 19.8. The number of aliphatic carboxylic acids is 1. The number of carbonyl (C=O) groups excluding carboxylic acids is 2. The fraction of sp³-hybridized carbons (Fsp3) is 0.423. The molecule has 8 nitrogen and oxygen atoms in total. The number of amides is 2. The van der Waals surface area contributed by atoms with Gasteiger partial charge in [-0.2, -0.15) is 0 Å². The quantitative estimate of drug-likeness (QED) is 0.414. The van der Waals surface area contributed by atoms with Gasteiger partial charge in [0.15, 0.2) is 0 Å². The number of alkyl carbamates (subject to hydrolysis) is 1. The van der Waals surface area contributed by atoms with E-state index in [1.165, 1.54) is 22.3 Å². The molecule has 0 saturated heterocycles. The third kappa shape index (κ3) is 6.81. The lowest BCUT2D eigenvalue weighted by atomic mass is 9.98. The van der Waals surface area contributed by atoms with Gasteiger partial charge < -0.3 is 25.4 Å². The van der Waals surface area contributed by atoms with Gasteiger partial charge >= 0.3 is 12.1 Å². The van der Waals surface area contributed by atoms with E-state index < -0.39 is 18.1 Å². The van der Waals surface area contributed by atoms with Crippen molar-refractivity contribution in [3.05, 3.63) is 59.7 Å². The number of carbonyl (C=O) groups is 3. The zero-order valence-corrected chi connectivity index (χ0v) is 19.8. The van der Waals surface area contributed by atoms with Crippen molar-refractivity contribution in [1.29, 1.82) is 0 Å². The van der Waals surface area contributed by atoms with Gasteiger partial charge in [-0.1, -0.05) is 55.0 Å². The maximum Gasteiger partial charge on any atom is 0.407 e. The average molecular weight is 468 g/mol. The molecule has 0 spiro atoms. The monoisotopic (exact) mass is 467 g/mol. The third-order valence-electron chi connectivity index (χ3n) is 5.87. The SMILES string of the molecule is CN(C)C[C@H](NC(=O)CCCCCNC(=O)OCC1c2ccccc2-c2ccccc21)C(=O)O. The molecular formula is C26H33N3O5. The van der Waals surface area contributed by atoms with E-state index in [9.17, 15) is 19.5 Å². The zero-order chi connectivity index (χ0) is 24.5. The van der Waals surface area contributed by atoms with Crippen molar-refractivity contribution >= 4 is 18.0 Å². The van der Waals surface area contributed by atoms with Crippen LogP contribution in [0.3, 0.4) is 0 Å². The van der Waals surface area contributed by atoms with Gasteiger partial charge in [-0.15, -0.1) is 0 Å². The largest absolute Gasteiger partial charge is 0.480 e. The van der Waals surface area contributed by atoms with Crippen LogP contribution < -0.4 is 10.6 Å². The van der Waals surface area contributed by atoms with Gasteiger partial charge in [-0.25, -0.2) is 9.59 Å². The lowest BCUT2D eigenvalue weighted by Crippen LogP contribution is -2.46. The molecule has 8 heteroatoms. The summed E-state index contributed by atoms with van der Waals surface area (Å²) in [6.07, 6.45) is 1.86. The summed E-state index contributed by atoms with van der Waals surface area (Å²) in [7, 11) is 3.51. The van der Waals surface area contributed by atoms with Crippen LogP contribution in [-0.2, 0) is 14.3 Å². The minimum absolute atomic E-state index is 0.0267. The molecule has 0 saturated carbocycles. The number of unbranched alkanes of at least 4 members (excludes halogenated alkanes) is 2. The molecule has 2 aromatic carbocycles. The highest BCUT2D eigenvalue weighted by Gasteiger charge is 2.29. The normalized spacial score (nSPS) is 13.1. The van der Waals surface area contributed by atoms with Crippen molar-refractivity contribution in [2.45, 2.75) is 37.6 Å². The molecule has 0 bridgehead atoms. The second-order valence-corrected chi connectivity index (χ2v) is 8.78. The predicted octanol–water partition coefficient (Wildman–Crippen LogP) is 3.22. The van der Waals surface area contributed by atoms with E-state index in [0.717, 1.165) is 6.42 Å². The van der Waals surface area contributed by atoms with E-state index in [1.807, 2.05) is 24.3 Å². The Balaban J connectivity index is 1.33. The van der Waals surface area contributed by atoms with E-state index in [2.05, 4.69) is 34.9 Å². The van der Waals surface area contributed by atoms with Crippen molar-refractivity contribution < 1.29 is 24.2 Å². The first-order valence-electron chi connectivity index (χ1n) is 11.6. The van der Waals surface area contributed by atoms with Crippen LogP contribution in [0, 0.1) is 0 Å². The van der Waals surface area contributed by atoms with Crippen LogP contribution >= 0.6 is 0 Å². The van der Waals surface area contributed by atoms with Crippen molar-refractivity contribution in [3.63, 3.8) is 0 Å². The van der Waals surface area contributed by atoms with Crippen LogP contribution in [0.15, 0.2) is 48.5 Å². The van der Waals surface area contributed by atoms with Gasteiger partial charge in [0.2, 0.25) is 5.91 Å². The van der Waals surface area contributed by atoms with Gasteiger partial charge in [0.1, 0.15) is 12.6 Å². The Hall–Kier alpha value is -3.39. The molecule has 3 N–H and O–H groups in total. The lowest BCUT2D eigenvalue weighted by Gasteiger charge is -2.18. The van der Waals surface area contributed by atoms with Gasteiger partial charge in [-0.3, -0.25) is 4.79 Å². The first kappa shape index (κ1) is 25.2. The molecule has 1 atom stereocenters. The molecule has 0 aliphatic heterocycles. The average Bonchev–Trinajstić information content (AvgIpc) is 3.13. The molecule has 3 rings (SSSR count). The molecule has 0 heterocycles. The third-order valence-corrected chi connectivity index (χ3v) is 5.87. The second kappa shape index (κ2) is 12.2.